The predicted octanol–water partition coefficient (Wildman–Crippen LogP) is 10.1. The molecule has 0 aromatic heterocycles. The molecule has 4 nitrogen and oxygen atoms in total. The van der Waals surface area contributed by atoms with Crippen molar-refractivity contribution in [1.82, 2.24) is 4.90 Å². The van der Waals surface area contributed by atoms with Crippen LogP contribution < -0.4 is 5.32 Å². The Kier molecular flexibility index (Phi) is 18.8. The molecule has 1 N–H and O–H groups in total. The third-order valence-corrected chi connectivity index (χ3v) is 8.07. The number of likely N-dealkylation sites (tertiary alicyclic amines) is 1. The van der Waals surface area contributed by atoms with Crippen molar-refractivity contribution in [3.8, 4) is 0 Å². The highest BCUT2D eigenvalue weighted by Gasteiger charge is 2.18. The number of hydrogen-bond acceptors (Lipinski definition) is 2. The molecular formula is C34H58N2O2. The van der Waals surface area contributed by atoms with Crippen LogP contribution in [0.2, 0.25) is 0 Å². The molecular weight excluding hydrogens is 468 g/mol. The molecule has 0 saturated carbocycles. The summed E-state index contributed by atoms with van der Waals surface area (Å²) in [6.45, 7) is 4.00. The molecule has 38 heavy (non-hydrogen) atoms. The van der Waals surface area contributed by atoms with E-state index >= 15 is 0 Å². The smallest absolute Gasteiger partial charge is 0.253 e. The van der Waals surface area contributed by atoms with Gasteiger partial charge in [0.25, 0.3) is 5.91 Å². The van der Waals surface area contributed by atoms with Crippen molar-refractivity contribution in [2.75, 3.05) is 18.4 Å². The Hall–Kier alpha value is -1.84. The summed E-state index contributed by atoms with van der Waals surface area (Å²) < 4.78 is 0. The maximum Gasteiger partial charge on any atom is 0.253 e. The normalized spacial score (nSPS) is 13.6. The Labute approximate surface area is 234 Å². The van der Waals surface area contributed by atoms with Crippen LogP contribution in [0.3, 0.4) is 0 Å². The summed E-state index contributed by atoms with van der Waals surface area (Å²) in [6, 6.07) is 7.38. The van der Waals surface area contributed by atoms with E-state index in [1.165, 1.54) is 116 Å². The minimum absolute atomic E-state index is 0.0760. The van der Waals surface area contributed by atoms with Gasteiger partial charge in [0.2, 0.25) is 5.91 Å². The van der Waals surface area contributed by atoms with E-state index in [4.69, 9.17) is 0 Å². The van der Waals surface area contributed by atoms with Crippen molar-refractivity contribution < 1.29 is 9.59 Å². The van der Waals surface area contributed by atoms with E-state index < -0.39 is 0 Å². The second kappa shape index (κ2) is 22.0. The molecule has 1 aromatic rings. The largest absolute Gasteiger partial charge is 0.339 e. The molecule has 2 amide bonds. The number of anilines is 1. The lowest BCUT2D eigenvalue weighted by molar-refractivity contribution is -0.116. The van der Waals surface area contributed by atoms with E-state index in [0.717, 1.165) is 44.5 Å². The number of benzene rings is 1. The van der Waals surface area contributed by atoms with Crippen LogP contribution in [0.15, 0.2) is 24.3 Å². The molecule has 1 heterocycles. The van der Waals surface area contributed by atoms with Gasteiger partial charge in [0, 0.05) is 30.8 Å². The van der Waals surface area contributed by atoms with Gasteiger partial charge in [0.05, 0.1) is 0 Å². The van der Waals surface area contributed by atoms with Crippen molar-refractivity contribution in [2.24, 2.45) is 0 Å². The number of amides is 2. The number of nitrogens with one attached hydrogen (secondary N) is 1. The van der Waals surface area contributed by atoms with Crippen molar-refractivity contribution >= 4 is 17.5 Å². The van der Waals surface area contributed by atoms with Gasteiger partial charge in [0.15, 0.2) is 0 Å². The van der Waals surface area contributed by atoms with Gasteiger partial charge < -0.3 is 10.2 Å². The average molecular weight is 527 g/mol. The Morgan fingerprint density at radius 1 is 0.605 bits per heavy atom. The van der Waals surface area contributed by atoms with Crippen LogP contribution in [0.5, 0.6) is 0 Å². The predicted molar refractivity (Wildman–Crippen MR) is 163 cm³/mol. The molecule has 1 aliphatic heterocycles. The van der Waals surface area contributed by atoms with Crippen molar-refractivity contribution in [3.05, 3.63) is 29.8 Å². The maximum absolute atomic E-state index is 12.6. The average Bonchev–Trinajstić information content (AvgIpc) is 2.95. The van der Waals surface area contributed by atoms with Crippen LogP contribution in [-0.2, 0) is 4.79 Å². The fourth-order valence-corrected chi connectivity index (χ4v) is 5.56. The van der Waals surface area contributed by atoms with Crippen molar-refractivity contribution in [1.29, 1.82) is 0 Å². The number of unbranched alkanes of at least 4 members (excludes halogenated alkanes) is 18. The summed E-state index contributed by atoms with van der Waals surface area (Å²) in [6.07, 6.45) is 29.8. The first-order valence-corrected chi connectivity index (χ1v) is 16.4. The molecule has 216 valence electrons. The maximum atomic E-state index is 12.6. The zero-order valence-corrected chi connectivity index (χ0v) is 24.8. The molecule has 0 atom stereocenters. The lowest BCUT2D eigenvalue weighted by Crippen LogP contribution is -2.35. The zero-order valence-electron chi connectivity index (χ0n) is 24.8. The first-order valence-electron chi connectivity index (χ1n) is 16.4. The Balaban J connectivity index is 1.35. The van der Waals surface area contributed by atoms with E-state index in [1.54, 1.807) is 0 Å². The van der Waals surface area contributed by atoms with Crippen LogP contribution in [0.4, 0.5) is 5.69 Å². The van der Waals surface area contributed by atoms with Crippen LogP contribution in [-0.4, -0.2) is 29.8 Å². The summed E-state index contributed by atoms with van der Waals surface area (Å²) >= 11 is 0. The first-order chi connectivity index (χ1) is 18.7. The molecule has 0 radical (unpaired) electrons. The van der Waals surface area contributed by atoms with Crippen LogP contribution in [0.25, 0.3) is 0 Å². The SMILES string of the molecule is CCCCCCCCCCCCCCCCCCCCCC(=O)Nc1ccc(C(=O)N2CCCCC2)cc1. The van der Waals surface area contributed by atoms with Crippen LogP contribution >= 0.6 is 0 Å². The van der Waals surface area contributed by atoms with E-state index in [-0.39, 0.29) is 11.8 Å². The fourth-order valence-electron chi connectivity index (χ4n) is 5.56. The van der Waals surface area contributed by atoms with Gasteiger partial charge in [-0.3, -0.25) is 9.59 Å². The van der Waals surface area contributed by atoms with E-state index in [2.05, 4.69) is 12.2 Å². The third-order valence-electron chi connectivity index (χ3n) is 8.07. The summed E-state index contributed by atoms with van der Waals surface area (Å²) in [5, 5.41) is 2.98. The van der Waals surface area contributed by atoms with E-state index in [9.17, 15) is 9.59 Å². The van der Waals surface area contributed by atoms with Crippen molar-refractivity contribution in [2.45, 2.75) is 155 Å². The van der Waals surface area contributed by atoms with Crippen LogP contribution in [0, 0.1) is 0 Å². The van der Waals surface area contributed by atoms with Gasteiger partial charge >= 0.3 is 0 Å². The summed E-state index contributed by atoms with van der Waals surface area (Å²) in [5.41, 5.74) is 1.49. The quantitative estimate of drug-likeness (QED) is 0.153. The highest BCUT2D eigenvalue weighted by Crippen LogP contribution is 2.17. The summed E-state index contributed by atoms with van der Waals surface area (Å²) in [7, 11) is 0. The van der Waals surface area contributed by atoms with Gasteiger partial charge in [-0.15, -0.1) is 0 Å². The summed E-state index contributed by atoms with van der Waals surface area (Å²) in [5.74, 6) is 0.184. The number of carbonyl (C=O) groups is 2. The van der Waals surface area contributed by atoms with Gasteiger partial charge in [-0.1, -0.05) is 122 Å². The molecule has 0 bridgehead atoms. The zero-order chi connectivity index (χ0) is 27.1. The number of nitrogens with zero attached hydrogens (tertiary/aromatic N) is 1. The molecule has 4 heteroatoms. The second-order valence-electron chi connectivity index (χ2n) is 11.6. The highest BCUT2D eigenvalue weighted by atomic mass is 16.2. The summed E-state index contributed by atoms with van der Waals surface area (Å²) in [4.78, 5) is 26.8. The Morgan fingerprint density at radius 2 is 1.03 bits per heavy atom. The van der Waals surface area contributed by atoms with Crippen molar-refractivity contribution in [3.63, 3.8) is 0 Å². The Morgan fingerprint density at radius 3 is 1.47 bits per heavy atom. The second-order valence-corrected chi connectivity index (χ2v) is 11.6. The number of piperidine rings is 1. The lowest BCUT2D eigenvalue weighted by atomic mass is 10.0. The topological polar surface area (TPSA) is 49.4 Å². The molecule has 1 aromatic carbocycles. The minimum atomic E-state index is 0.0760. The van der Waals surface area contributed by atoms with Gasteiger partial charge in [-0.2, -0.15) is 0 Å². The van der Waals surface area contributed by atoms with Gasteiger partial charge in [-0.25, -0.2) is 0 Å². The molecule has 1 fully saturated rings. The highest BCUT2D eigenvalue weighted by molar-refractivity contribution is 5.95. The van der Waals surface area contributed by atoms with E-state index in [1.807, 2.05) is 29.2 Å². The van der Waals surface area contributed by atoms with Gasteiger partial charge in [0.1, 0.15) is 0 Å². The first kappa shape index (κ1) is 32.4. The standard InChI is InChI=1S/C34H58N2O2/c1-2-3-4-5-6-7-8-9-10-11-12-13-14-15-16-17-18-19-21-24-33(37)35-32-27-25-31(26-28-32)34(38)36-29-22-20-23-30-36/h25-28H,2-24,29-30H2,1H3,(H,35,37). The monoisotopic (exact) mass is 526 g/mol. The molecule has 0 unspecified atom stereocenters. The molecule has 1 aliphatic rings. The molecule has 1 saturated heterocycles. The third kappa shape index (κ3) is 15.5. The van der Waals surface area contributed by atoms with E-state index in [0.29, 0.717) is 12.0 Å². The fraction of sp³-hybridized carbons (Fsp3) is 0.765. The van der Waals surface area contributed by atoms with Crippen LogP contribution in [0.1, 0.15) is 165 Å². The molecule has 0 aliphatic carbocycles. The Bertz CT molecular complexity index is 725. The lowest BCUT2D eigenvalue weighted by Gasteiger charge is -2.26. The number of rotatable bonds is 22. The molecule has 0 spiro atoms. The van der Waals surface area contributed by atoms with Gasteiger partial charge in [-0.05, 0) is 49.9 Å². The number of carbonyl (C=O) groups excluding carboxylic acids is 2. The molecule has 2 rings (SSSR count). The minimum Gasteiger partial charge on any atom is -0.339 e. The number of hydrogen-bond donors (Lipinski definition) is 1.